The predicted octanol–water partition coefficient (Wildman–Crippen LogP) is 5.75. The lowest BCUT2D eigenvalue weighted by molar-refractivity contribution is -0.140. The van der Waals surface area contributed by atoms with E-state index in [1.807, 2.05) is 0 Å². The molecule has 172 valence electrons. The fourth-order valence-electron chi connectivity index (χ4n) is 3.31. The van der Waals surface area contributed by atoms with Crippen LogP contribution in [0.3, 0.4) is 0 Å². The molecule has 0 spiro atoms. The molecule has 0 bridgehead atoms. The first-order valence-corrected chi connectivity index (χ1v) is 9.68. The number of ether oxygens (including phenoxy) is 2. The molecule has 0 amide bonds. The Morgan fingerprint density at radius 2 is 1.59 bits per heavy atom. The van der Waals surface area contributed by atoms with Crippen molar-refractivity contribution in [2.45, 2.75) is 12.8 Å². The van der Waals surface area contributed by atoms with Crippen LogP contribution in [0.5, 0.6) is 17.4 Å². The number of aromatic nitrogens is 5. The molecule has 0 radical (unpaired) electrons. The monoisotopic (exact) mass is 473 g/mol. The van der Waals surface area contributed by atoms with Crippen molar-refractivity contribution in [3.05, 3.63) is 72.7 Å². The Morgan fingerprint density at radius 1 is 0.853 bits per heavy atom. The van der Waals surface area contributed by atoms with E-state index in [-0.39, 0.29) is 22.9 Å². The van der Waals surface area contributed by atoms with Gasteiger partial charge in [0.2, 0.25) is 5.88 Å². The van der Waals surface area contributed by atoms with Crippen LogP contribution in [-0.2, 0) is 6.18 Å². The van der Waals surface area contributed by atoms with Gasteiger partial charge in [0.25, 0.3) is 0 Å². The summed E-state index contributed by atoms with van der Waals surface area (Å²) < 4.78 is 75.7. The smallest absolute Gasteiger partial charge is 0.433 e. The van der Waals surface area contributed by atoms with Crippen molar-refractivity contribution in [3.63, 3.8) is 0 Å². The number of halogens is 5. The lowest BCUT2D eigenvalue weighted by Crippen LogP contribution is -2.07. The standard InChI is InChI=1S/C22H12F5N5O2/c23-21(24)34-14-5-2-13(3-6-14)20-31-30-18-10-28-11-19(32(18)20)33-15-7-1-12-4-8-17(22(25,26)27)29-16(12)9-15/h1-11,21H. The summed E-state index contributed by atoms with van der Waals surface area (Å²) >= 11 is 0. The number of nitrogens with zero attached hydrogens (tertiary/aromatic N) is 5. The third-order valence-corrected chi connectivity index (χ3v) is 4.80. The van der Waals surface area contributed by atoms with Crippen LogP contribution < -0.4 is 9.47 Å². The highest BCUT2D eigenvalue weighted by Crippen LogP contribution is 2.32. The topological polar surface area (TPSA) is 74.4 Å². The number of benzene rings is 2. The fourth-order valence-corrected chi connectivity index (χ4v) is 3.31. The lowest BCUT2D eigenvalue weighted by Gasteiger charge is -2.11. The Hall–Kier alpha value is -4.35. The molecule has 0 aliphatic heterocycles. The molecule has 12 heteroatoms. The molecule has 34 heavy (non-hydrogen) atoms. The quantitative estimate of drug-likeness (QED) is 0.303. The highest BCUT2D eigenvalue weighted by atomic mass is 19.4. The van der Waals surface area contributed by atoms with Crippen molar-refractivity contribution >= 4 is 16.6 Å². The minimum atomic E-state index is -4.58. The SMILES string of the molecule is FC(F)Oc1ccc(-c2nnc3cncc(Oc4ccc5ccc(C(F)(F)F)nc5c4)n23)cc1. The van der Waals surface area contributed by atoms with E-state index in [9.17, 15) is 22.0 Å². The maximum Gasteiger partial charge on any atom is 0.433 e. The second-order valence-corrected chi connectivity index (χ2v) is 7.02. The second kappa shape index (κ2) is 8.21. The largest absolute Gasteiger partial charge is 0.439 e. The van der Waals surface area contributed by atoms with Crippen LogP contribution in [0.1, 0.15) is 5.69 Å². The average molecular weight is 473 g/mol. The Labute approximate surface area is 187 Å². The summed E-state index contributed by atoms with van der Waals surface area (Å²) in [7, 11) is 0. The molecule has 0 unspecified atom stereocenters. The van der Waals surface area contributed by atoms with Crippen LogP contribution in [-0.4, -0.2) is 31.2 Å². The van der Waals surface area contributed by atoms with Crippen LogP contribution in [0.15, 0.2) is 67.0 Å². The summed E-state index contributed by atoms with van der Waals surface area (Å²) in [5, 5.41) is 8.66. The molecule has 5 rings (SSSR count). The maximum atomic E-state index is 13.0. The molecule has 0 fully saturated rings. The number of hydrogen-bond donors (Lipinski definition) is 0. The summed E-state index contributed by atoms with van der Waals surface area (Å²) in [5.74, 6) is 0.701. The zero-order chi connectivity index (χ0) is 23.9. The number of rotatable bonds is 5. The molecule has 3 aromatic heterocycles. The molecular weight excluding hydrogens is 461 g/mol. The van der Waals surface area contributed by atoms with E-state index in [1.54, 1.807) is 12.1 Å². The Morgan fingerprint density at radius 3 is 2.32 bits per heavy atom. The number of alkyl halides is 5. The first-order chi connectivity index (χ1) is 16.3. The van der Waals surface area contributed by atoms with E-state index < -0.39 is 18.5 Å². The van der Waals surface area contributed by atoms with Crippen LogP contribution in [0, 0.1) is 0 Å². The van der Waals surface area contributed by atoms with Crippen LogP contribution in [0.2, 0.25) is 0 Å². The second-order valence-electron chi connectivity index (χ2n) is 7.02. The van der Waals surface area contributed by atoms with Gasteiger partial charge in [-0.1, -0.05) is 6.07 Å². The molecule has 2 aromatic carbocycles. The van der Waals surface area contributed by atoms with Gasteiger partial charge >= 0.3 is 12.8 Å². The molecule has 5 aromatic rings. The summed E-state index contributed by atoms with van der Waals surface area (Å²) in [6, 6.07) is 12.6. The van der Waals surface area contributed by atoms with E-state index in [2.05, 4.69) is 24.9 Å². The molecule has 0 aliphatic rings. The fraction of sp³-hybridized carbons (Fsp3) is 0.0909. The van der Waals surface area contributed by atoms with E-state index in [4.69, 9.17) is 4.74 Å². The van der Waals surface area contributed by atoms with E-state index in [0.717, 1.165) is 6.07 Å². The summed E-state index contributed by atoms with van der Waals surface area (Å²) in [5.41, 5.74) is -0.0498. The maximum absolute atomic E-state index is 13.0. The minimum Gasteiger partial charge on any atom is -0.439 e. The van der Waals surface area contributed by atoms with Gasteiger partial charge in [-0.25, -0.2) is 9.38 Å². The van der Waals surface area contributed by atoms with E-state index in [1.165, 1.54) is 53.2 Å². The van der Waals surface area contributed by atoms with Crippen LogP contribution in [0.4, 0.5) is 22.0 Å². The van der Waals surface area contributed by atoms with Crippen molar-refractivity contribution in [1.82, 2.24) is 24.6 Å². The molecule has 0 saturated carbocycles. The lowest BCUT2D eigenvalue weighted by atomic mass is 10.2. The highest BCUT2D eigenvalue weighted by Gasteiger charge is 2.32. The van der Waals surface area contributed by atoms with Gasteiger partial charge in [-0.3, -0.25) is 4.98 Å². The Bertz CT molecular complexity index is 1490. The highest BCUT2D eigenvalue weighted by molar-refractivity contribution is 5.80. The van der Waals surface area contributed by atoms with Gasteiger partial charge in [-0.15, -0.1) is 10.2 Å². The van der Waals surface area contributed by atoms with Crippen molar-refractivity contribution in [3.8, 4) is 28.8 Å². The Kier molecular flexibility index (Phi) is 5.19. The molecule has 0 N–H and O–H groups in total. The van der Waals surface area contributed by atoms with Crippen LogP contribution >= 0.6 is 0 Å². The van der Waals surface area contributed by atoms with Crippen molar-refractivity contribution in [2.75, 3.05) is 0 Å². The van der Waals surface area contributed by atoms with Crippen LogP contribution in [0.25, 0.3) is 27.9 Å². The number of pyridine rings is 1. The predicted molar refractivity (Wildman–Crippen MR) is 110 cm³/mol. The van der Waals surface area contributed by atoms with Gasteiger partial charge in [0.1, 0.15) is 17.2 Å². The van der Waals surface area contributed by atoms with Gasteiger partial charge in [0.05, 0.1) is 17.9 Å². The van der Waals surface area contributed by atoms with Gasteiger partial charge in [0, 0.05) is 17.0 Å². The molecular formula is C22H12F5N5O2. The molecule has 7 nitrogen and oxygen atoms in total. The number of fused-ring (bicyclic) bond motifs is 2. The molecule has 0 saturated heterocycles. The zero-order valence-corrected chi connectivity index (χ0v) is 16.9. The third kappa shape index (κ3) is 4.17. The first kappa shape index (κ1) is 21.5. The van der Waals surface area contributed by atoms with Crippen molar-refractivity contribution < 1.29 is 31.4 Å². The van der Waals surface area contributed by atoms with Crippen molar-refractivity contribution in [1.29, 1.82) is 0 Å². The van der Waals surface area contributed by atoms with Gasteiger partial charge in [-0.2, -0.15) is 22.0 Å². The summed E-state index contributed by atoms with van der Waals surface area (Å²) in [6.07, 6.45) is -1.75. The van der Waals surface area contributed by atoms with Crippen molar-refractivity contribution in [2.24, 2.45) is 0 Å². The molecule has 0 atom stereocenters. The average Bonchev–Trinajstić information content (AvgIpc) is 3.23. The molecule has 0 aliphatic carbocycles. The van der Waals surface area contributed by atoms with Gasteiger partial charge in [-0.05, 0) is 42.5 Å². The normalized spacial score (nSPS) is 11.9. The summed E-state index contributed by atoms with van der Waals surface area (Å²) in [4.78, 5) is 7.73. The van der Waals surface area contributed by atoms with Gasteiger partial charge < -0.3 is 9.47 Å². The number of hydrogen-bond acceptors (Lipinski definition) is 6. The Balaban J connectivity index is 1.52. The van der Waals surface area contributed by atoms with E-state index >= 15 is 0 Å². The molecule has 3 heterocycles. The van der Waals surface area contributed by atoms with E-state index in [0.29, 0.717) is 22.4 Å². The van der Waals surface area contributed by atoms with Gasteiger partial charge in [0.15, 0.2) is 11.5 Å². The first-order valence-electron chi connectivity index (χ1n) is 9.68. The minimum absolute atomic E-state index is 0.0207. The summed E-state index contributed by atoms with van der Waals surface area (Å²) in [6.45, 7) is -2.95. The zero-order valence-electron chi connectivity index (χ0n) is 16.9. The third-order valence-electron chi connectivity index (χ3n) is 4.80.